The summed E-state index contributed by atoms with van der Waals surface area (Å²) in [6.45, 7) is 7.25. The van der Waals surface area contributed by atoms with Crippen molar-refractivity contribution < 1.29 is 13.6 Å². The molecule has 0 fully saturated rings. The molecular weight excluding hydrogens is 238 g/mol. The number of benzene rings is 1. The number of aryl methyl sites for hydroxylation is 1. The first kappa shape index (κ1) is 14.6. The lowest BCUT2D eigenvalue weighted by Crippen LogP contribution is -2.49. The maximum atomic E-state index is 13.7. The molecule has 1 rings (SSSR count). The van der Waals surface area contributed by atoms with Crippen LogP contribution < -0.4 is 10.6 Å². The number of likely N-dealkylation sites (N-methyl/N-ethyl adjacent to an activating group) is 1. The van der Waals surface area contributed by atoms with E-state index in [1.807, 2.05) is 6.92 Å². The molecule has 3 nitrogen and oxygen atoms in total. The maximum Gasteiger partial charge on any atom is 0.244 e. The number of rotatable bonds is 4. The molecule has 0 aliphatic rings. The molecule has 2 N–H and O–H groups in total. The predicted molar refractivity (Wildman–Crippen MR) is 67.5 cm³/mol. The van der Waals surface area contributed by atoms with Crippen LogP contribution in [0.2, 0.25) is 0 Å². The molecule has 0 aliphatic carbocycles. The van der Waals surface area contributed by atoms with E-state index in [0.717, 1.165) is 6.07 Å². The number of carbonyl (C=O) groups is 1. The van der Waals surface area contributed by atoms with Gasteiger partial charge in [0.2, 0.25) is 5.91 Å². The van der Waals surface area contributed by atoms with Crippen LogP contribution in [0.5, 0.6) is 0 Å². The summed E-state index contributed by atoms with van der Waals surface area (Å²) in [5.74, 6) is -2.00. The van der Waals surface area contributed by atoms with Crippen LogP contribution in [-0.2, 0) is 4.79 Å². The lowest BCUT2D eigenvalue weighted by molar-refractivity contribution is -0.121. The molecule has 5 heteroatoms. The second kappa shape index (κ2) is 5.44. The highest BCUT2D eigenvalue weighted by Gasteiger charge is 2.28. The largest absolute Gasteiger partial charge is 0.320 e. The summed E-state index contributed by atoms with van der Waals surface area (Å²) in [6.07, 6.45) is 0. The van der Waals surface area contributed by atoms with Gasteiger partial charge in [0, 0.05) is 0 Å². The smallest absolute Gasteiger partial charge is 0.244 e. The van der Waals surface area contributed by atoms with E-state index in [0.29, 0.717) is 6.54 Å². The molecule has 0 atom stereocenters. The van der Waals surface area contributed by atoms with E-state index in [4.69, 9.17) is 0 Å². The SMILES string of the molecule is CCNC(C)(C)C(=O)Nc1c(F)ccc(C)c1F. The normalized spacial score (nSPS) is 11.4. The Morgan fingerprint density at radius 1 is 1.33 bits per heavy atom. The highest BCUT2D eigenvalue weighted by molar-refractivity contribution is 5.97. The molecule has 0 heterocycles. The Balaban J connectivity index is 2.99. The zero-order chi connectivity index (χ0) is 13.9. The Morgan fingerprint density at radius 2 is 1.94 bits per heavy atom. The molecule has 1 aromatic carbocycles. The van der Waals surface area contributed by atoms with Crippen molar-refractivity contribution in [3.63, 3.8) is 0 Å². The molecule has 0 spiro atoms. The van der Waals surface area contributed by atoms with Gasteiger partial charge in [0.05, 0.1) is 5.54 Å². The van der Waals surface area contributed by atoms with Crippen LogP contribution >= 0.6 is 0 Å². The van der Waals surface area contributed by atoms with Gasteiger partial charge in [-0.25, -0.2) is 8.78 Å². The molecule has 0 saturated heterocycles. The van der Waals surface area contributed by atoms with Gasteiger partial charge >= 0.3 is 0 Å². The fraction of sp³-hybridized carbons (Fsp3) is 0.462. The van der Waals surface area contributed by atoms with Crippen LogP contribution in [0, 0.1) is 18.6 Å². The molecule has 0 aliphatic heterocycles. The van der Waals surface area contributed by atoms with Crippen molar-refractivity contribution in [1.82, 2.24) is 5.32 Å². The summed E-state index contributed by atoms with van der Waals surface area (Å²) >= 11 is 0. The van der Waals surface area contributed by atoms with Crippen molar-refractivity contribution in [3.05, 3.63) is 29.3 Å². The minimum absolute atomic E-state index is 0.285. The first-order valence-electron chi connectivity index (χ1n) is 5.80. The van der Waals surface area contributed by atoms with Gasteiger partial charge in [0.25, 0.3) is 0 Å². The van der Waals surface area contributed by atoms with Crippen molar-refractivity contribution in [1.29, 1.82) is 0 Å². The van der Waals surface area contributed by atoms with Crippen LogP contribution in [0.3, 0.4) is 0 Å². The quantitative estimate of drug-likeness (QED) is 0.869. The molecule has 100 valence electrons. The Morgan fingerprint density at radius 3 is 2.50 bits per heavy atom. The zero-order valence-electron chi connectivity index (χ0n) is 11.0. The van der Waals surface area contributed by atoms with E-state index in [1.54, 1.807) is 13.8 Å². The van der Waals surface area contributed by atoms with Gasteiger partial charge < -0.3 is 10.6 Å². The van der Waals surface area contributed by atoms with Crippen molar-refractivity contribution in [2.24, 2.45) is 0 Å². The Kier molecular flexibility index (Phi) is 4.40. The second-order valence-corrected chi connectivity index (χ2v) is 4.66. The van der Waals surface area contributed by atoms with Gasteiger partial charge in [-0.05, 0) is 38.9 Å². The number of anilines is 1. The van der Waals surface area contributed by atoms with Crippen molar-refractivity contribution in [2.45, 2.75) is 33.2 Å². The second-order valence-electron chi connectivity index (χ2n) is 4.66. The highest BCUT2D eigenvalue weighted by Crippen LogP contribution is 2.22. The molecular formula is C13H18F2N2O. The molecule has 0 bridgehead atoms. The highest BCUT2D eigenvalue weighted by atomic mass is 19.1. The predicted octanol–water partition coefficient (Wildman–Crippen LogP) is 2.60. The monoisotopic (exact) mass is 256 g/mol. The minimum Gasteiger partial charge on any atom is -0.320 e. The van der Waals surface area contributed by atoms with Gasteiger partial charge in [-0.15, -0.1) is 0 Å². The average molecular weight is 256 g/mol. The fourth-order valence-corrected chi connectivity index (χ4v) is 1.56. The molecule has 18 heavy (non-hydrogen) atoms. The fourth-order valence-electron chi connectivity index (χ4n) is 1.56. The number of carbonyl (C=O) groups excluding carboxylic acids is 1. The molecule has 0 aromatic heterocycles. The van der Waals surface area contributed by atoms with Crippen molar-refractivity contribution >= 4 is 11.6 Å². The van der Waals surface area contributed by atoms with Crippen LogP contribution in [0.25, 0.3) is 0 Å². The third-order valence-electron chi connectivity index (χ3n) is 2.71. The van der Waals surface area contributed by atoms with Crippen LogP contribution in [-0.4, -0.2) is 18.0 Å². The van der Waals surface area contributed by atoms with Crippen molar-refractivity contribution in [2.75, 3.05) is 11.9 Å². The summed E-state index contributed by atoms with van der Waals surface area (Å²) in [7, 11) is 0. The Hall–Kier alpha value is -1.49. The lowest BCUT2D eigenvalue weighted by atomic mass is 10.0. The van der Waals surface area contributed by atoms with E-state index in [9.17, 15) is 13.6 Å². The number of amides is 1. The lowest BCUT2D eigenvalue weighted by Gasteiger charge is -2.24. The van der Waals surface area contributed by atoms with Gasteiger partial charge in [-0.1, -0.05) is 13.0 Å². The number of hydrogen-bond acceptors (Lipinski definition) is 2. The van der Waals surface area contributed by atoms with Gasteiger partial charge in [-0.3, -0.25) is 4.79 Å². The summed E-state index contributed by atoms with van der Waals surface area (Å²) < 4.78 is 27.2. The molecule has 1 amide bonds. The molecule has 1 aromatic rings. The first-order chi connectivity index (χ1) is 8.29. The van der Waals surface area contributed by atoms with E-state index in [2.05, 4.69) is 10.6 Å². The third-order valence-corrected chi connectivity index (χ3v) is 2.71. The van der Waals surface area contributed by atoms with E-state index >= 15 is 0 Å². The van der Waals surface area contributed by atoms with E-state index < -0.39 is 28.8 Å². The molecule has 0 radical (unpaired) electrons. The van der Waals surface area contributed by atoms with Gasteiger partial charge in [-0.2, -0.15) is 0 Å². The zero-order valence-corrected chi connectivity index (χ0v) is 11.0. The van der Waals surface area contributed by atoms with Gasteiger partial charge in [0.15, 0.2) is 5.82 Å². The average Bonchev–Trinajstić information content (AvgIpc) is 2.29. The van der Waals surface area contributed by atoms with Crippen LogP contribution in [0.4, 0.5) is 14.5 Å². The molecule has 0 unspecified atom stereocenters. The summed E-state index contributed by atoms with van der Waals surface area (Å²) in [6, 6.07) is 2.46. The van der Waals surface area contributed by atoms with Crippen LogP contribution in [0.1, 0.15) is 26.3 Å². The van der Waals surface area contributed by atoms with Gasteiger partial charge in [0.1, 0.15) is 11.5 Å². The number of nitrogens with one attached hydrogen (secondary N) is 2. The minimum atomic E-state index is -0.891. The number of hydrogen-bond donors (Lipinski definition) is 2. The van der Waals surface area contributed by atoms with E-state index in [-0.39, 0.29) is 5.56 Å². The van der Waals surface area contributed by atoms with Crippen LogP contribution in [0.15, 0.2) is 12.1 Å². The Bertz CT molecular complexity index is 459. The summed E-state index contributed by atoms with van der Waals surface area (Å²) in [5, 5.41) is 5.23. The Labute approximate surface area is 106 Å². The molecule has 0 saturated carbocycles. The summed E-state index contributed by atoms with van der Waals surface area (Å²) in [5.41, 5.74) is -1.00. The van der Waals surface area contributed by atoms with E-state index in [1.165, 1.54) is 13.0 Å². The summed E-state index contributed by atoms with van der Waals surface area (Å²) in [4.78, 5) is 11.9. The number of halogens is 2. The first-order valence-corrected chi connectivity index (χ1v) is 5.80. The van der Waals surface area contributed by atoms with Crippen molar-refractivity contribution in [3.8, 4) is 0 Å². The topological polar surface area (TPSA) is 41.1 Å². The maximum absolute atomic E-state index is 13.7. The standard InChI is InChI=1S/C13H18F2N2O/c1-5-16-13(3,4)12(18)17-11-9(14)7-6-8(2)10(11)15/h6-7,16H,5H2,1-4H3,(H,17,18). The third kappa shape index (κ3) is 3.04.